The van der Waals surface area contributed by atoms with E-state index in [1.807, 2.05) is 0 Å². The molecule has 18 heavy (non-hydrogen) atoms. The molecule has 0 bridgehead atoms. The number of anilines is 2. The molecule has 0 aliphatic carbocycles. The van der Waals surface area contributed by atoms with Gasteiger partial charge in [0.15, 0.2) is 11.6 Å². The van der Waals surface area contributed by atoms with Gasteiger partial charge in [0.2, 0.25) is 5.75 Å². The zero-order valence-corrected chi connectivity index (χ0v) is 10.9. The maximum absolute atomic E-state index is 5.74. The van der Waals surface area contributed by atoms with Crippen molar-refractivity contribution >= 4 is 11.6 Å². The van der Waals surface area contributed by atoms with E-state index in [0.29, 0.717) is 17.4 Å². The molecule has 0 atom stereocenters. The molecule has 0 saturated carbocycles. The van der Waals surface area contributed by atoms with Gasteiger partial charge in [-0.3, -0.25) is 0 Å². The van der Waals surface area contributed by atoms with Gasteiger partial charge in [-0.1, -0.05) is 6.92 Å². The van der Waals surface area contributed by atoms with Crippen molar-refractivity contribution in [3.63, 3.8) is 0 Å². The van der Waals surface area contributed by atoms with Crippen molar-refractivity contribution in [1.29, 1.82) is 0 Å². The third kappa shape index (κ3) is 2.81. The number of nitrogen functional groups attached to an aromatic ring is 1. The Morgan fingerprint density at radius 2 is 2.17 bits per heavy atom. The van der Waals surface area contributed by atoms with Crippen molar-refractivity contribution < 1.29 is 9.47 Å². The molecule has 0 amide bonds. The summed E-state index contributed by atoms with van der Waals surface area (Å²) < 4.78 is 10.6. The van der Waals surface area contributed by atoms with E-state index >= 15 is 0 Å². The van der Waals surface area contributed by atoms with Crippen LogP contribution in [-0.4, -0.2) is 36.8 Å². The van der Waals surface area contributed by atoms with Crippen LogP contribution in [0.4, 0.5) is 11.6 Å². The molecule has 1 fully saturated rings. The largest absolute Gasteiger partial charge is 0.490 e. The second-order valence-electron chi connectivity index (χ2n) is 4.92. The molecule has 3 N–H and O–H groups in total. The van der Waals surface area contributed by atoms with Crippen molar-refractivity contribution in [2.75, 3.05) is 37.9 Å². The van der Waals surface area contributed by atoms with Crippen LogP contribution in [0.25, 0.3) is 0 Å². The van der Waals surface area contributed by atoms with E-state index in [9.17, 15) is 0 Å². The lowest BCUT2D eigenvalue weighted by Gasteiger charge is -2.33. The first-order chi connectivity index (χ1) is 8.64. The van der Waals surface area contributed by atoms with E-state index in [0.717, 1.165) is 32.6 Å². The SMILES string of the molecule is COc1c(N)ncnc1NCC1(C)CCOCC1. The average molecular weight is 252 g/mol. The van der Waals surface area contributed by atoms with Gasteiger partial charge in [-0.2, -0.15) is 0 Å². The zero-order chi connectivity index (χ0) is 13.0. The first-order valence-electron chi connectivity index (χ1n) is 6.11. The van der Waals surface area contributed by atoms with Crippen molar-refractivity contribution in [1.82, 2.24) is 9.97 Å². The first kappa shape index (κ1) is 12.9. The number of nitrogens with one attached hydrogen (secondary N) is 1. The molecule has 1 saturated heterocycles. The summed E-state index contributed by atoms with van der Waals surface area (Å²) in [6.45, 7) is 4.71. The van der Waals surface area contributed by atoms with Gasteiger partial charge in [0, 0.05) is 19.8 Å². The van der Waals surface area contributed by atoms with Crippen molar-refractivity contribution in [2.24, 2.45) is 5.41 Å². The Morgan fingerprint density at radius 1 is 1.44 bits per heavy atom. The minimum absolute atomic E-state index is 0.225. The molecular weight excluding hydrogens is 232 g/mol. The van der Waals surface area contributed by atoms with Gasteiger partial charge < -0.3 is 20.5 Å². The van der Waals surface area contributed by atoms with Crippen LogP contribution in [0.3, 0.4) is 0 Å². The second kappa shape index (κ2) is 5.39. The third-order valence-electron chi connectivity index (χ3n) is 3.42. The van der Waals surface area contributed by atoms with Crippen LogP contribution in [0.5, 0.6) is 5.75 Å². The number of hydrogen-bond donors (Lipinski definition) is 2. The molecule has 6 heteroatoms. The monoisotopic (exact) mass is 252 g/mol. The van der Waals surface area contributed by atoms with Gasteiger partial charge in [-0.15, -0.1) is 0 Å². The topological polar surface area (TPSA) is 82.3 Å². The fourth-order valence-corrected chi connectivity index (χ4v) is 2.05. The molecule has 2 heterocycles. The highest BCUT2D eigenvalue weighted by molar-refractivity contribution is 5.61. The molecule has 0 aromatic carbocycles. The van der Waals surface area contributed by atoms with Gasteiger partial charge in [-0.05, 0) is 18.3 Å². The van der Waals surface area contributed by atoms with E-state index in [1.54, 1.807) is 7.11 Å². The minimum atomic E-state index is 0.225. The molecule has 1 aromatic rings. The van der Waals surface area contributed by atoms with Crippen LogP contribution in [0.15, 0.2) is 6.33 Å². The molecule has 1 aromatic heterocycles. The van der Waals surface area contributed by atoms with Crippen molar-refractivity contribution in [2.45, 2.75) is 19.8 Å². The Bertz CT molecular complexity index is 405. The maximum atomic E-state index is 5.74. The Balaban J connectivity index is 2.03. The number of aromatic nitrogens is 2. The minimum Gasteiger partial charge on any atom is -0.490 e. The summed E-state index contributed by atoms with van der Waals surface area (Å²) in [6, 6.07) is 0. The van der Waals surface area contributed by atoms with E-state index in [4.69, 9.17) is 15.2 Å². The summed E-state index contributed by atoms with van der Waals surface area (Å²) in [7, 11) is 1.57. The highest BCUT2D eigenvalue weighted by Gasteiger charge is 2.27. The highest BCUT2D eigenvalue weighted by Crippen LogP contribution is 2.32. The molecular formula is C12H20N4O2. The van der Waals surface area contributed by atoms with Gasteiger partial charge in [0.1, 0.15) is 6.33 Å². The summed E-state index contributed by atoms with van der Waals surface area (Å²) in [5, 5.41) is 3.30. The number of nitrogens with two attached hydrogens (primary N) is 1. The van der Waals surface area contributed by atoms with Gasteiger partial charge in [0.05, 0.1) is 7.11 Å². The number of rotatable bonds is 4. The molecule has 0 spiro atoms. The van der Waals surface area contributed by atoms with E-state index in [1.165, 1.54) is 6.33 Å². The number of methoxy groups -OCH3 is 1. The smallest absolute Gasteiger partial charge is 0.203 e. The van der Waals surface area contributed by atoms with E-state index in [2.05, 4.69) is 22.2 Å². The third-order valence-corrected chi connectivity index (χ3v) is 3.42. The second-order valence-corrected chi connectivity index (χ2v) is 4.92. The molecule has 100 valence electrons. The summed E-state index contributed by atoms with van der Waals surface area (Å²) in [6.07, 6.45) is 3.53. The molecule has 0 radical (unpaired) electrons. The van der Waals surface area contributed by atoms with Crippen LogP contribution in [-0.2, 0) is 4.74 Å². The predicted octanol–water partition coefficient (Wildman–Crippen LogP) is 1.30. The normalized spacial score (nSPS) is 18.3. The van der Waals surface area contributed by atoms with Crippen LogP contribution in [0.1, 0.15) is 19.8 Å². The number of nitrogens with zero attached hydrogens (tertiary/aromatic N) is 2. The lowest BCUT2D eigenvalue weighted by Crippen LogP contribution is -2.33. The fourth-order valence-electron chi connectivity index (χ4n) is 2.05. The Morgan fingerprint density at radius 3 is 2.83 bits per heavy atom. The maximum Gasteiger partial charge on any atom is 0.203 e. The van der Waals surface area contributed by atoms with Crippen LogP contribution in [0.2, 0.25) is 0 Å². The molecule has 2 rings (SSSR count). The zero-order valence-electron chi connectivity index (χ0n) is 10.9. The fraction of sp³-hybridized carbons (Fsp3) is 0.667. The summed E-state index contributed by atoms with van der Waals surface area (Å²) >= 11 is 0. The standard InChI is InChI=1S/C12H20N4O2/c1-12(3-5-18-6-4-12)7-14-11-9(17-2)10(13)15-8-16-11/h8H,3-7H2,1-2H3,(H3,13,14,15,16). The van der Waals surface area contributed by atoms with Crippen LogP contribution < -0.4 is 15.8 Å². The average Bonchev–Trinajstić information content (AvgIpc) is 2.37. The summed E-state index contributed by atoms with van der Waals surface area (Å²) in [5.41, 5.74) is 5.96. The summed E-state index contributed by atoms with van der Waals surface area (Å²) in [5.74, 6) is 1.51. The first-order valence-corrected chi connectivity index (χ1v) is 6.11. The molecule has 1 aliphatic rings. The molecule has 0 unspecified atom stereocenters. The van der Waals surface area contributed by atoms with Crippen LogP contribution >= 0.6 is 0 Å². The lowest BCUT2D eigenvalue weighted by atomic mass is 9.82. The van der Waals surface area contributed by atoms with Crippen molar-refractivity contribution in [3.8, 4) is 5.75 Å². The van der Waals surface area contributed by atoms with Gasteiger partial charge >= 0.3 is 0 Å². The Hall–Kier alpha value is -1.56. The Labute approximate surface area is 107 Å². The van der Waals surface area contributed by atoms with Crippen LogP contribution in [0, 0.1) is 5.41 Å². The number of ether oxygens (including phenoxy) is 2. The molecule has 1 aliphatic heterocycles. The van der Waals surface area contributed by atoms with Crippen molar-refractivity contribution in [3.05, 3.63) is 6.33 Å². The van der Waals surface area contributed by atoms with Gasteiger partial charge in [0.25, 0.3) is 0 Å². The lowest BCUT2D eigenvalue weighted by molar-refractivity contribution is 0.0299. The number of hydrogen-bond acceptors (Lipinski definition) is 6. The van der Waals surface area contributed by atoms with E-state index in [-0.39, 0.29) is 5.41 Å². The Kier molecular flexibility index (Phi) is 3.86. The summed E-state index contributed by atoms with van der Waals surface area (Å²) in [4.78, 5) is 8.07. The quantitative estimate of drug-likeness (QED) is 0.840. The van der Waals surface area contributed by atoms with E-state index < -0.39 is 0 Å². The predicted molar refractivity (Wildman–Crippen MR) is 69.6 cm³/mol. The molecule has 6 nitrogen and oxygen atoms in total. The highest BCUT2D eigenvalue weighted by atomic mass is 16.5. The van der Waals surface area contributed by atoms with Gasteiger partial charge in [-0.25, -0.2) is 9.97 Å².